The number of benzene rings is 1. The minimum absolute atomic E-state index is 0.0522. The highest BCUT2D eigenvalue weighted by molar-refractivity contribution is 5.32. The number of hydrogen-bond donors (Lipinski definition) is 2. The Balaban J connectivity index is 3.24. The molecule has 0 saturated heterocycles. The van der Waals surface area contributed by atoms with Crippen molar-refractivity contribution >= 4 is 0 Å². The van der Waals surface area contributed by atoms with Crippen LogP contribution in [0.15, 0.2) is 6.07 Å². The Morgan fingerprint density at radius 3 is 2.38 bits per heavy atom. The van der Waals surface area contributed by atoms with Crippen molar-refractivity contribution in [3.8, 4) is 5.75 Å². The van der Waals surface area contributed by atoms with Crippen LogP contribution in [0.1, 0.15) is 5.56 Å². The minimum atomic E-state index is -1.57. The van der Waals surface area contributed by atoms with Gasteiger partial charge in [-0.15, -0.1) is 0 Å². The van der Waals surface area contributed by atoms with Gasteiger partial charge in [0.25, 0.3) is 0 Å². The summed E-state index contributed by atoms with van der Waals surface area (Å²) >= 11 is 0. The Bertz CT molecular complexity index is 328. The Morgan fingerprint density at radius 2 is 1.85 bits per heavy atom. The van der Waals surface area contributed by atoms with Crippen molar-refractivity contribution in [2.24, 2.45) is 5.73 Å². The smallest absolute Gasteiger partial charge is 0.203 e. The monoisotopic (exact) mass is 191 g/mol. The second-order valence-electron chi connectivity index (χ2n) is 2.53. The van der Waals surface area contributed by atoms with Crippen molar-refractivity contribution < 1.29 is 18.3 Å². The average molecular weight is 191 g/mol. The van der Waals surface area contributed by atoms with E-state index in [4.69, 9.17) is 10.8 Å². The largest absolute Gasteiger partial charge is 0.503 e. The van der Waals surface area contributed by atoms with Crippen molar-refractivity contribution in [3.05, 3.63) is 29.1 Å². The van der Waals surface area contributed by atoms with Gasteiger partial charge in [-0.1, -0.05) is 0 Å². The van der Waals surface area contributed by atoms with E-state index >= 15 is 0 Å². The van der Waals surface area contributed by atoms with Crippen molar-refractivity contribution in [1.29, 1.82) is 0 Å². The van der Waals surface area contributed by atoms with E-state index in [9.17, 15) is 13.2 Å². The van der Waals surface area contributed by atoms with Crippen LogP contribution in [-0.4, -0.2) is 11.7 Å². The van der Waals surface area contributed by atoms with E-state index < -0.39 is 23.2 Å². The first-order chi connectivity index (χ1) is 6.07. The maximum absolute atomic E-state index is 12.9. The van der Waals surface area contributed by atoms with Gasteiger partial charge in [0.15, 0.2) is 17.4 Å². The second kappa shape index (κ2) is 3.66. The summed E-state index contributed by atoms with van der Waals surface area (Å²) in [5.41, 5.74) is 4.98. The molecule has 5 heteroatoms. The summed E-state index contributed by atoms with van der Waals surface area (Å²) in [4.78, 5) is 0. The third-order valence-electron chi connectivity index (χ3n) is 1.62. The third-order valence-corrected chi connectivity index (χ3v) is 1.62. The van der Waals surface area contributed by atoms with Crippen molar-refractivity contribution in [2.75, 3.05) is 6.54 Å². The van der Waals surface area contributed by atoms with Crippen LogP contribution < -0.4 is 5.73 Å². The highest BCUT2D eigenvalue weighted by atomic mass is 19.2. The molecule has 2 nitrogen and oxygen atoms in total. The first-order valence-corrected chi connectivity index (χ1v) is 3.63. The van der Waals surface area contributed by atoms with Crippen LogP contribution in [0.5, 0.6) is 5.75 Å². The zero-order valence-electron chi connectivity index (χ0n) is 6.65. The molecule has 0 aliphatic carbocycles. The molecule has 0 atom stereocenters. The molecule has 13 heavy (non-hydrogen) atoms. The first kappa shape index (κ1) is 9.85. The first-order valence-electron chi connectivity index (χ1n) is 3.63. The zero-order chi connectivity index (χ0) is 10.0. The SMILES string of the molecule is NCCc1cc(F)c(F)c(O)c1F. The number of halogens is 3. The third kappa shape index (κ3) is 1.75. The summed E-state index contributed by atoms with van der Waals surface area (Å²) in [5.74, 6) is -5.28. The number of rotatable bonds is 2. The lowest BCUT2D eigenvalue weighted by Crippen LogP contribution is -2.06. The normalized spacial score (nSPS) is 10.5. The molecule has 0 aromatic heterocycles. The fourth-order valence-electron chi connectivity index (χ4n) is 0.979. The van der Waals surface area contributed by atoms with Crippen LogP contribution in [0.25, 0.3) is 0 Å². The maximum atomic E-state index is 12.9. The molecule has 0 unspecified atom stereocenters. The molecule has 0 saturated carbocycles. The zero-order valence-corrected chi connectivity index (χ0v) is 6.65. The molecule has 1 aromatic carbocycles. The van der Waals surface area contributed by atoms with E-state index in [-0.39, 0.29) is 18.5 Å². The van der Waals surface area contributed by atoms with E-state index in [1.165, 1.54) is 0 Å². The Kier molecular flexibility index (Phi) is 2.77. The lowest BCUT2D eigenvalue weighted by molar-refractivity contribution is 0.373. The standard InChI is InChI=1S/C8H8F3NO/c9-5-3-4(1-2-12)6(10)8(13)7(5)11/h3,13H,1-2,12H2. The lowest BCUT2D eigenvalue weighted by Gasteiger charge is -2.04. The summed E-state index contributed by atoms with van der Waals surface area (Å²) in [6, 6.07) is 0.692. The number of nitrogens with two attached hydrogens (primary N) is 1. The van der Waals surface area contributed by atoms with E-state index in [1.54, 1.807) is 0 Å². The molecule has 0 bridgehead atoms. The summed E-state index contributed by atoms with van der Waals surface area (Å²) in [6.45, 7) is 0.0986. The molecular weight excluding hydrogens is 183 g/mol. The molecule has 0 fully saturated rings. The molecule has 0 aliphatic rings. The van der Waals surface area contributed by atoms with Crippen LogP contribution >= 0.6 is 0 Å². The molecule has 0 spiro atoms. The quantitative estimate of drug-likeness (QED) is 0.692. The van der Waals surface area contributed by atoms with Gasteiger partial charge in [-0.3, -0.25) is 0 Å². The van der Waals surface area contributed by atoms with Crippen LogP contribution in [0.2, 0.25) is 0 Å². The molecule has 0 amide bonds. The van der Waals surface area contributed by atoms with E-state index in [1.807, 2.05) is 0 Å². The van der Waals surface area contributed by atoms with Crippen molar-refractivity contribution in [2.45, 2.75) is 6.42 Å². The van der Waals surface area contributed by atoms with Crippen LogP contribution in [-0.2, 0) is 6.42 Å². The second-order valence-corrected chi connectivity index (χ2v) is 2.53. The Labute approximate surface area is 72.8 Å². The Hall–Kier alpha value is -1.23. The van der Waals surface area contributed by atoms with Gasteiger partial charge in [0.05, 0.1) is 0 Å². The van der Waals surface area contributed by atoms with Gasteiger partial charge >= 0.3 is 0 Å². The predicted octanol–water partition coefficient (Wildman–Crippen LogP) is 1.31. The number of phenols is 1. The number of hydrogen-bond acceptors (Lipinski definition) is 2. The highest BCUT2D eigenvalue weighted by Crippen LogP contribution is 2.25. The van der Waals surface area contributed by atoms with Crippen molar-refractivity contribution in [1.82, 2.24) is 0 Å². The summed E-state index contributed by atoms with van der Waals surface area (Å²) in [7, 11) is 0. The fourth-order valence-corrected chi connectivity index (χ4v) is 0.979. The highest BCUT2D eigenvalue weighted by Gasteiger charge is 2.16. The molecule has 1 rings (SSSR count). The molecule has 0 heterocycles. The van der Waals surface area contributed by atoms with E-state index in [0.29, 0.717) is 6.07 Å². The molecule has 72 valence electrons. The molecule has 1 aromatic rings. The molecular formula is C8H8F3NO. The van der Waals surface area contributed by atoms with Crippen LogP contribution in [0.4, 0.5) is 13.2 Å². The Morgan fingerprint density at radius 1 is 1.23 bits per heavy atom. The maximum Gasteiger partial charge on any atom is 0.203 e. The van der Waals surface area contributed by atoms with Gasteiger partial charge in [-0.05, 0) is 24.6 Å². The minimum Gasteiger partial charge on any atom is -0.503 e. The fraction of sp³-hybridized carbons (Fsp3) is 0.250. The van der Waals surface area contributed by atoms with Gasteiger partial charge in [0.1, 0.15) is 0 Å². The number of phenolic OH excluding ortho intramolecular Hbond substituents is 1. The van der Waals surface area contributed by atoms with Crippen molar-refractivity contribution in [3.63, 3.8) is 0 Å². The lowest BCUT2D eigenvalue weighted by atomic mass is 10.1. The van der Waals surface area contributed by atoms with E-state index in [2.05, 4.69) is 0 Å². The predicted molar refractivity (Wildman–Crippen MR) is 40.7 cm³/mol. The van der Waals surface area contributed by atoms with Crippen LogP contribution in [0, 0.1) is 17.5 Å². The van der Waals surface area contributed by atoms with E-state index in [0.717, 1.165) is 0 Å². The summed E-state index contributed by atoms with van der Waals surface area (Å²) < 4.78 is 38.0. The summed E-state index contributed by atoms with van der Waals surface area (Å²) in [5, 5.41) is 8.76. The average Bonchev–Trinajstić information content (AvgIpc) is 2.11. The molecule has 3 N–H and O–H groups in total. The summed E-state index contributed by atoms with van der Waals surface area (Å²) in [6.07, 6.45) is 0.0522. The van der Waals surface area contributed by atoms with Crippen LogP contribution in [0.3, 0.4) is 0 Å². The molecule has 0 aliphatic heterocycles. The number of aromatic hydroxyl groups is 1. The van der Waals surface area contributed by atoms with Gasteiger partial charge in [0.2, 0.25) is 5.82 Å². The van der Waals surface area contributed by atoms with Gasteiger partial charge in [-0.25, -0.2) is 8.78 Å². The van der Waals surface area contributed by atoms with Gasteiger partial charge in [-0.2, -0.15) is 4.39 Å². The van der Waals surface area contributed by atoms with Gasteiger partial charge < -0.3 is 10.8 Å². The van der Waals surface area contributed by atoms with Gasteiger partial charge in [0, 0.05) is 0 Å². The topological polar surface area (TPSA) is 46.2 Å². The molecule has 0 radical (unpaired) electrons.